The normalized spacial score (nSPS) is 16.5. The van der Waals surface area contributed by atoms with Crippen LogP contribution < -0.4 is 0 Å². The second-order valence-electron chi connectivity index (χ2n) is 6.57. The van der Waals surface area contributed by atoms with Crippen molar-refractivity contribution < 1.29 is 13.2 Å². The summed E-state index contributed by atoms with van der Waals surface area (Å²) in [5.74, 6) is -1.26. The van der Waals surface area contributed by atoms with Gasteiger partial charge in [-0.25, -0.2) is 9.37 Å². The molecule has 22 heavy (non-hydrogen) atoms. The number of benzene rings is 1. The molecule has 0 N–H and O–H groups in total. The molecule has 1 aromatic heterocycles. The van der Waals surface area contributed by atoms with Crippen molar-refractivity contribution in [3.8, 4) is 0 Å². The van der Waals surface area contributed by atoms with Crippen LogP contribution in [0.4, 0.5) is 8.78 Å². The molecule has 3 nitrogen and oxygen atoms in total. The summed E-state index contributed by atoms with van der Waals surface area (Å²) in [6.07, 6.45) is 4.69. The molecule has 3 rings (SSSR count). The molecule has 5 heteroatoms. The topological polar surface area (TPSA) is 29.3 Å². The first kappa shape index (κ1) is 15.4. The Morgan fingerprint density at radius 2 is 1.95 bits per heavy atom. The molecule has 0 aliphatic heterocycles. The van der Waals surface area contributed by atoms with Gasteiger partial charge in [0.15, 0.2) is 17.3 Å². The lowest BCUT2D eigenvalue weighted by Gasteiger charge is -2.24. The third kappa shape index (κ3) is 2.74. The Bertz CT molecular complexity index is 675. The van der Waals surface area contributed by atoms with Crippen LogP contribution in [0.2, 0.25) is 0 Å². The lowest BCUT2D eigenvalue weighted by Crippen LogP contribution is -2.29. The third-order valence-electron chi connectivity index (χ3n) is 4.52. The zero-order valence-corrected chi connectivity index (χ0v) is 13.3. The number of halogens is 2. The minimum absolute atomic E-state index is 0.0412. The van der Waals surface area contributed by atoms with Gasteiger partial charge in [-0.1, -0.05) is 26.7 Å². The van der Waals surface area contributed by atoms with Gasteiger partial charge >= 0.3 is 0 Å². The van der Waals surface area contributed by atoms with Gasteiger partial charge in [-0.05, 0) is 26.0 Å². The minimum Gasteiger partial charge on any atom is -0.437 e. The SMILES string of the molecule is CC(C)c1nc2cc(CN(C)C3CCCC3)c(F)c(F)c2o1. The third-order valence-corrected chi connectivity index (χ3v) is 4.52. The summed E-state index contributed by atoms with van der Waals surface area (Å²) in [5, 5.41) is 0. The molecule has 0 saturated heterocycles. The van der Waals surface area contributed by atoms with Crippen LogP contribution in [0.25, 0.3) is 11.1 Å². The molecule has 2 aromatic rings. The smallest absolute Gasteiger partial charge is 0.203 e. The maximum absolute atomic E-state index is 14.3. The Morgan fingerprint density at radius 1 is 1.27 bits per heavy atom. The van der Waals surface area contributed by atoms with Crippen molar-refractivity contribution in [3.63, 3.8) is 0 Å². The number of hydrogen-bond acceptors (Lipinski definition) is 3. The molecular weight excluding hydrogens is 286 g/mol. The van der Waals surface area contributed by atoms with Crippen LogP contribution in [-0.4, -0.2) is 23.0 Å². The van der Waals surface area contributed by atoms with E-state index in [2.05, 4.69) is 9.88 Å². The molecule has 0 amide bonds. The molecule has 0 spiro atoms. The Balaban J connectivity index is 1.93. The number of rotatable bonds is 4. The number of nitrogens with zero attached hydrogens (tertiary/aromatic N) is 2. The van der Waals surface area contributed by atoms with Gasteiger partial charge in [0.25, 0.3) is 0 Å². The lowest BCUT2D eigenvalue weighted by atomic mass is 10.1. The van der Waals surface area contributed by atoms with E-state index in [1.807, 2.05) is 20.9 Å². The van der Waals surface area contributed by atoms with Crippen molar-refractivity contribution in [1.82, 2.24) is 9.88 Å². The predicted molar refractivity (Wildman–Crippen MR) is 81.7 cm³/mol. The molecule has 0 bridgehead atoms. The number of hydrogen-bond donors (Lipinski definition) is 0. The summed E-state index contributed by atoms with van der Waals surface area (Å²) in [7, 11) is 1.97. The molecule has 1 aliphatic carbocycles. The van der Waals surface area contributed by atoms with Crippen molar-refractivity contribution in [3.05, 3.63) is 29.2 Å². The lowest BCUT2D eigenvalue weighted by molar-refractivity contribution is 0.233. The molecule has 1 heterocycles. The van der Waals surface area contributed by atoms with E-state index in [-0.39, 0.29) is 11.5 Å². The average Bonchev–Trinajstić information content (AvgIpc) is 3.13. The zero-order valence-electron chi connectivity index (χ0n) is 13.3. The van der Waals surface area contributed by atoms with E-state index in [0.29, 0.717) is 29.6 Å². The second kappa shape index (κ2) is 5.95. The van der Waals surface area contributed by atoms with Crippen LogP contribution in [-0.2, 0) is 6.54 Å². The highest BCUT2D eigenvalue weighted by atomic mass is 19.2. The van der Waals surface area contributed by atoms with E-state index in [9.17, 15) is 8.78 Å². The van der Waals surface area contributed by atoms with E-state index < -0.39 is 11.6 Å². The van der Waals surface area contributed by atoms with Crippen LogP contribution in [0.3, 0.4) is 0 Å². The first-order chi connectivity index (χ1) is 10.5. The van der Waals surface area contributed by atoms with Crippen LogP contribution in [0.5, 0.6) is 0 Å². The first-order valence-corrected chi connectivity index (χ1v) is 7.95. The second-order valence-corrected chi connectivity index (χ2v) is 6.57. The fraction of sp³-hybridized carbons (Fsp3) is 0.588. The Labute approximate surface area is 129 Å². The maximum Gasteiger partial charge on any atom is 0.203 e. The summed E-state index contributed by atoms with van der Waals surface area (Å²) in [4.78, 5) is 6.40. The van der Waals surface area contributed by atoms with Crippen LogP contribution >= 0.6 is 0 Å². The van der Waals surface area contributed by atoms with Gasteiger partial charge in [-0.15, -0.1) is 0 Å². The summed E-state index contributed by atoms with van der Waals surface area (Å²) >= 11 is 0. The molecule has 0 unspecified atom stereocenters. The Hall–Kier alpha value is -1.49. The summed E-state index contributed by atoms with van der Waals surface area (Å²) < 4.78 is 33.9. The minimum atomic E-state index is -0.924. The van der Waals surface area contributed by atoms with Crippen molar-refractivity contribution in [2.75, 3.05) is 7.05 Å². The largest absolute Gasteiger partial charge is 0.437 e. The van der Waals surface area contributed by atoms with E-state index in [4.69, 9.17) is 4.42 Å². The highest BCUT2D eigenvalue weighted by Gasteiger charge is 2.24. The first-order valence-electron chi connectivity index (χ1n) is 7.95. The molecular formula is C17H22F2N2O. The standard InChI is InChI=1S/C17H22F2N2O/c1-10(2)17-20-13-8-11(14(18)15(19)16(13)22-17)9-21(3)12-6-4-5-7-12/h8,10,12H,4-7,9H2,1-3H3. The van der Waals surface area contributed by atoms with Crippen LogP contribution in [0, 0.1) is 11.6 Å². The fourth-order valence-electron chi connectivity index (χ4n) is 3.18. The van der Waals surface area contributed by atoms with Crippen molar-refractivity contribution >= 4 is 11.1 Å². The number of aromatic nitrogens is 1. The van der Waals surface area contributed by atoms with E-state index in [0.717, 1.165) is 12.8 Å². The molecule has 1 aromatic carbocycles. The van der Waals surface area contributed by atoms with Crippen LogP contribution in [0.15, 0.2) is 10.5 Å². The quantitative estimate of drug-likeness (QED) is 0.826. The Kier molecular flexibility index (Phi) is 4.17. The van der Waals surface area contributed by atoms with E-state index >= 15 is 0 Å². The van der Waals surface area contributed by atoms with E-state index in [1.165, 1.54) is 12.8 Å². The van der Waals surface area contributed by atoms with Gasteiger partial charge in [0.1, 0.15) is 5.52 Å². The summed E-state index contributed by atoms with van der Waals surface area (Å²) in [5.41, 5.74) is 0.675. The molecule has 1 aliphatic rings. The van der Waals surface area contributed by atoms with Gasteiger partial charge in [0.2, 0.25) is 5.82 Å². The summed E-state index contributed by atoms with van der Waals surface area (Å²) in [6, 6.07) is 2.08. The van der Waals surface area contributed by atoms with Gasteiger partial charge in [-0.2, -0.15) is 4.39 Å². The molecule has 0 atom stereocenters. The molecule has 120 valence electrons. The average molecular weight is 308 g/mol. The highest BCUT2D eigenvalue weighted by molar-refractivity contribution is 5.74. The fourth-order valence-corrected chi connectivity index (χ4v) is 3.18. The van der Waals surface area contributed by atoms with Crippen molar-refractivity contribution in [1.29, 1.82) is 0 Å². The zero-order chi connectivity index (χ0) is 15.9. The van der Waals surface area contributed by atoms with Gasteiger partial charge in [0, 0.05) is 24.1 Å². The van der Waals surface area contributed by atoms with Gasteiger partial charge < -0.3 is 4.42 Å². The van der Waals surface area contributed by atoms with E-state index in [1.54, 1.807) is 6.07 Å². The van der Waals surface area contributed by atoms with Gasteiger partial charge in [0.05, 0.1) is 0 Å². The van der Waals surface area contributed by atoms with Gasteiger partial charge in [-0.3, -0.25) is 4.90 Å². The predicted octanol–water partition coefficient (Wildman–Crippen LogP) is 4.60. The molecule has 1 saturated carbocycles. The molecule has 0 radical (unpaired) electrons. The van der Waals surface area contributed by atoms with Crippen LogP contribution in [0.1, 0.15) is 56.9 Å². The highest BCUT2D eigenvalue weighted by Crippen LogP contribution is 2.29. The number of fused-ring (bicyclic) bond motifs is 1. The number of oxazole rings is 1. The summed E-state index contributed by atoms with van der Waals surface area (Å²) in [6.45, 7) is 4.22. The Morgan fingerprint density at radius 3 is 2.59 bits per heavy atom. The maximum atomic E-state index is 14.3. The molecule has 1 fully saturated rings. The monoisotopic (exact) mass is 308 g/mol. The van der Waals surface area contributed by atoms with Crippen molar-refractivity contribution in [2.24, 2.45) is 0 Å². The van der Waals surface area contributed by atoms with Crippen molar-refractivity contribution in [2.45, 2.75) is 58.0 Å².